The number of aromatic amines is 1. The summed E-state index contributed by atoms with van der Waals surface area (Å²) in [6, 6.07) is 6.31. The van der Waals surface area contributed by atoms with Gasteiger partial charge in [-0.15, -0.1) is 12.4 Å². The van der Waals surface area contributed by atoms with Crippen LogP contribution in [0.25, 0.3) is 10.9 Å². The van der Waals surface area contributed by atoms with Crippen molar-refractivity contribution in [3.8, 4) is 0 Å². The molecule has 2 N–H and O–H groups in total. The minimum atomic E-state index is 0. The molecule has 2 aromatic rings. The number of carbonyl (C=O) groups is 1. The minimum absolute atomic E-state index is 0. The largest absolute Gasteiger partial charge is 0.361 e. The van der Waals surface area contributed by atoms with E-state index in [1.165, 1.54) is 22.0 Å². The molecule has 1 aromatic heterocycles. The third kappa shape index (κ3) is 3.39. The second-order valence-corrected chi connectivity index (χ2v) is 5.44. The molecule has 2 heterocycles. The maximum absolute atomic E-state index is 12.2. The molecule has 5 heteroatoms. The smallest absolute Gasteiger partial charge is 0.222 e. The van der Waals surface area contributed by atoms with Gasteiger partial charge in [0.05, 0.1) is 0 Å². The highest BCUT2D eigenvalue weighted by Gasteiger charge is 2.16. The van der Waals surface area contributed by atoms with Crippen LogP contribution in [0, 0.1) is 6.92 Å². The number of amides is 1. The van der Waals surface area contributed by atoms with Gasteiger partial charge in [0.15, 0.2) is 0 Å². The van der Waals surface area contributed by atoms with Crippen molar-refractivity contribution in [3.63, 3.8) is 0 Å². The molecular weight excluding hydrogens is 286 g/mol. The third-order valence-corrected chi connectivity index (χ3v) is 4.09. The Kier molecular flexibility index (Phi) is 5.26. The quantitative estimate of drug-likeness (QED) is 0.914. The number of hydrogen-bond donors (Lipinski definition) is 2. The number of benzene rings is 1. The summed E-state index contributed by atoms with van der Waals surface area (Å²) in [7, 11) is 0. The monoisotopic (exact) mass is 307 g/mol. The Bertz CT molecular complexity index is 617. The third-order valence-electron chi connectivity index (χ3n) is 4.09. The van der Waals surface area contributed by atoms with Crippen LogP contribution in [-0.2, 0) is 11.2 Å². The highest BCUT2D eigenvalue weighted by atomic mass is 35.5. The molecule has 0 spiro atoms. The van der Waals surface area contributed by atoms with Crippen LogP contribution in [0.1, 0.15) is 17.5 Å². The van der Waals surface area contributed by atoms with Crippen molar-refractivity contribution in [1.29, 1.82) is 0 Å². The first kappa shape index (κ1) is 15.9. The maximum Gasteiger partial charge on any atom is 0.222 e. The van der Waals surface area contributed by atoms with E-state index < -0.39 is 0 Å². The number of nitrogens with zero attached hydrogens (tertiary/aromatic N) is 1. The summed E-state index contributed by atoms with van der Waals surface area (Å²) in [5, 5.41) is 4.52. The lowest BCUT2D eigenvalue weighted by molar-refractivity contribution is -0.131. The van der Waals surface area contributed by atoms with Crippen molar-refractivity contribution in [2.45, 2.75) is 19.8 Å². The minimum Gasteiger partial charge on any atom is -0.361 e. The number of para-hydroxylation sites is 1. The molecule has 21 heavy (non-hydrogen) atoms. The van der Waals surface area contributed by atoms with Gasteiger partial charge in [-0.25, -0.2) is 0 Å². The van der Waals surface area contributed by atoms with E-state index in [1.54, 1.807) is 0 Å². The molecule has 0 aliphatic carbocycles. The van der Waals surface area contributed by atoms with Crippen molar-refractivity contribution in [2.24, 2.45) is 0 Å². The molecule has 4 nitrogen and oxygen atoms in total. The lowest BCUT2D eigenvalue weighted by atomic mass is 10.1. The average molecular weight is 308 g/mol. The van der Waals surface area contributed by atoms with Gasteiger partial charge in [-0.3, -0.25) is 4.79 Å². The molecule has 1 aliphatic heterocycles. The standard InChI is InChI=1S/C16H21N3O.ClH/c1-12-3-2-4-14-13(11-18-16(12)14)5-6-15(20)19-9-7-17-8-10-19;/h2-4,11,17-18H,5-10H2,1H3;1H. The number of fused-ring (bicyclic) bond motifs is 1. The predicted molar refractivity (Wildman–Crippen MR) is 88.1 cm³/mol. The molecule has 3 rings (SSSR count). The highest BCUT2D eigenvalue weighted by molar-refractivity contribution is 5.86. The molecule has 0 radical (unpaired) electrons. The van der Waals surface area contributed by atoms with Crippen LogP contribution < -0.4 is 5.32 Å². The highest BCUT2D eigenvalue weighted by Crippen LogP contribution is 2.22. The zero-order valence-corrected chi connectivity index (χ0v) is 13.1. The van der Waals surface area contributed by atoms with Gasteiger partial charge >= 0.3 is 0 Å². The average Bonchev–Trinajstić information content (AvgIpc) is 2.90. The lowest BCUT2D eigenvalue weighted by Crippen LogP contribution is -2.46. The van der Waals surface area contributed by atoms with Gasteiger partial charge in [-0.1, -0.05) is 18.2 Å². The number of rotatable bonds is 3. The molecule has 0 saturated carbocycles. The van der Waals surface area contributed by atoms with E-state index >= 15 is 0 Å². The van der Waals surface area contributed by atoms with Crippen LogP contribution in [0.5, 0.6) is 0 Å². The number of carbonyl (C=O) groups excluding carboxylic acids is 1. The number of aryl methyl sites for hydroxylation is 2. The van der Waals surface area contributed by atoms with Gasteiger partial charge in [0, 0.05) is 49.7 Å². The molecular formula is C16H22ClN3O. The van der Waals surface area contributed by atoms with Gasteiger partial charge < -0.3 is 15.2 Å². The molecule has 1 fully saturated rings. The molecule has 1 saturated heterocycles. The number of nitrogens with one attached hydrogen (secondary N) is 2. The second-order valence-electron chi connectivity index (χ2n) is 5.44. The van der Waals surface area contributed by atoms with Crippen molar-refractivity contribution in [1.82, 2.24) is 15.2 Å². The number of halogens is 1. The van der Waals surface area contributed by atoms with E-state index in [-0.39, 0.29) is 18.3 Å². The Morgan fingerprint density at radius 1 is 1.29 bits per heavy atom. The van der Waals surface area contributed by atoms with Gasteiger partial charge in [0.1, 0.15) is 0 Å². The summed E-state index contributed by atoms with van der Waals surface area (Å²) >= 11 is 0. The number of H-pyrrole nitrogens is 1. The summed E-state index contributed by atoms with van der Waals surface area (Å²) in [6.07, 6.45) is 3.45. The first-order valence-electron chi connectivity index (χ1n) is 7.30. The van der Waals surface area contributed by atoms with E-state index in [0.717, 1.165) is 32.6 Å². The summed E-state index contributed by atoms with van der Waals surface area (Å²) in [4.78, 5) is 17.5. The Morgan fingerprint density at radius 3 is 2.81 bits per heavy atom. The van der Waals surface area contributed by atoms with Gasteiger partial charge in [0.25, 0.3) is 0 Å². The van der Waals surface area contributed by atoms with Crippen LogP contribution in [0.4, 0.5) is 0 Å². The lowest BCUT2D eigenvalue weighted by Gasteiger charge is -2.27. The molecule has 0 unspecified atom stereocenters. The summed E-state index contributed by atoms with van der Waals surface area (Å²) in [5.74, 6) is 0.272. The van der Waals surface area contributed by atoms with Crippen molar-refractivity contribution in [2.75, 3.05) is 26.2 Å². The van der Waals surface area contributed by atoms with Gasteiger partial charge in [0.2, 0.25) is 5.91 Å². The summed E-state index contributed by atoms with van der Waals surface area (Å²) in [5.41, 5.74) is 3.69. The van der Waals surface area contributed by atoms with Crippen LogP contribution in [0.3, 0.4) is 0 Å². The number of hydrogen-bond acceptors (Lipinski definition) is 2. The Hall–Kier alpha value is -1.52. The molecule has 0 bridgehead atoms. The Balaban J connectivity index is 0.00000161. The molecule has 0 atom stereocenters. The summed E-state index contributed by atoms with van der Waals surface area (Å²) in [6.45, 7) is 5.61. The normalized spacial score (nSPS) is 15.0. The van der Waals surface area contributed by atoms with Gasteiger partial charge in [-0.2, -0.15) is 0 Å². The number of aromatic nitrogens is 1. The van der Waals surface area contributed by atoms with E-state index in [2.05, 4.69) is 35.4 Å². The van der Waals surface area contributed by atoms with E-state index in [4.69, 9.17) is 0 Å². The van der Waals surface area contributed by atoms with Crippen LogP contribution in [0.2, 0.25) is 0 Å². The van der Waals surface area contributed by atoms with Crippen LogP contribution in [-0.4, -0.2) is 42.0 Å². The Labute approximate surface area is 131 Å². The fourth-order valence-corrected chi connectivity index (χ4v) is 2.88. The van der Waals surface area contributed by atoms with Crippen LogP contribution >= 0.6 is 12.4 Å². The SMILES string of the molecule is Cc1cccc2c(CCC(=O)N3CCNCC3)c[nH]c12.Cl. The fraction of sp³-hybridized carbons (Fsp3) is 0.438. The van der Waals surface area contributed by atoms with Crippen molar-refractivity contribution < 1.29 is 4.79 Å². The maximum atomic E-state index is 12.2. The molecule has 1 aliphatic rings. The topological polar surface area (TPSA) is 48.1 Å². The van der Waals surface area contributed by atoms with Crippen LogP contribution in [0.15, 0.2) is 24.4 Å². The predicted octanol–water partition coefficient (Wildman–Crippen LogP) is 2.26. The first-order chi connectivity index (χ1) is 9.75. The fourth-order valence-electron chi connectivity index (χ4n) is 2.88. The zero-order valence-electron chi connectivity index (χ0n) is 12.3. The van der Waals surface area contributed by atoms with E-state index in [1.807, 2.05) is 11.1 Å². The molecule has 1 aromatic carbocycles. The van der Waals surface area contributed by atoms with Crippen molar-refractivity contribution in [3.05, 3.63) is 35.5 Å². The second kappa shape index (κ2) is 6.96. The summed E-state index contributed by atoms with van der Waals surface area (Å²) < 4.78 is 0. The van der Waals surface area contributed by atoms with Crippen molar-refractivity contribution >= 4 is 29.2 Å². The van der Waals surface area contributed by atoms with Gasteiger partial charge in [-0.05, 0) is 24.5 Å². The first-order valence-corrected chi connectivity index (χ1v) is 7.30. The molecule has 114 valence electrons. The Morgan fingerprint density at radius 2 is 2.05 bits per heavy atom. The number of piperazine rings is 1. The van der Waals surface area contributed by atoms with E-state index in [9.17, 15) is 4.79 Å². The molecule has 1 amide bonds. The zero-order chi connectivity index (χ0) is 13.9. The van der Waals surface area contributed by atoms with E-state index in [0.29, 0.717) is 6.42 Å².